The van der Waals surface area contributed by atoms with Crippen LogP contribution in [-0.4, -0.2) is 57.1 Å². The molecule has 0 bridgehead atoms. The van der Waals surface area contributed by atoms with E-state index in [0.29, 0.717) is 13.1 Å². The van der Waals surface area contributed by atoms with Gasteiger partial charge < -0.3 is 15.4 Å². The first kappa shape index (κ1) is 18.2. The van der Waals surface area contributed by atoms with Gasteiger partial charge in [0.1, 0.15) is 0 Å². The zero-order valence-electron chi connectivity index (χ0n) is 14.8. The van der Waals surface area contributed by atoms with Crippen molar-refractivity contribution in [2.24, 2.45) is 0 Å². The molecule has 1 aromatic heterocycles. The summed E-state index contributed by atoms with van der Waals surface area (Å²) in [6.07, 6.45) is 2.05. The maximum Gasteiger partial charge on any atom is 0.326 e. The van der Waals surface area contributed by atoms with Crippen LogP contribution in [-0.2, 0) is 16.1 Å². The monoisotopic (exact) mass is 360 g/mol. The molecule has 0 saturated carbocycles. The predicted molar refractivity (Wildman–Crippen MR) is 97.0 cm³/mol. The summed E-state index contributed by atoms with van der Waals surface area (Å²) in [5.41, 5.74) is 1.33. The number of likely N-dealkylation sites (tertiary alicyclic amines) is 1. The number of nitrogens with one attached hydrogen (secondary N) is 2. The topological polar surface area (TPSA) is 107 Å². The summed E-state index contributed by atoms with van der Waals surface area (Å²) in [6.45, 7) is 0.811. The SMILES string of the molecule is CN1[C@@H](CC(=O)O)CC[C@H]1CNC(=O)CCn1c(=O)[nH]c2ccccc21. The molecule has 1 aromatic carbocycles. The summed E-state index contributed by atoms with van der Waals surface area (Å²) in [4.78, 5) is 39.8. The molecule has 3 rings (SSSR count). The van der Waals surface area contributed by atoms with Crippen LogP contribution in [0, 0.1) is 0 Å². The summed E-state index contributed by atoms with van der Waals surface area (Å²) >= 11 is 0. The Morgan fingerprint density at radius 1 is 1.27 bits per heavy atom. The van der Waals surface area contributed by atoms with E-state index in [4.69, 9.17) is 5.11 Å². The number of carboxylic acid groups (broad SMARTS) is 1. The molecule has 2 aromatic rings. The van der Waals surface area contributed by atoms with Gasteiger partial charge in [0, 0.05) is 31.6 Å². The number of aryl methyl sites for hydroxylation is 1. The van der Waals surface area contributed by atoms with Crippen LogP contribution in [0.2, 0.25) is 0 Å². The number of amides is 1. The molecule has 1 aliphatic rings. The van der Waals surface area contributed by atoms with Crippen LogP contribution in [0.15, 0.2) is 29.1 Å². The van der Waals surface area contributed by atoms with Crippen molar-refractivity contribution < 1.29 is 14.7 Å². The summed E-state index contributed by atoms with van der Waals surface area (Å²) in [7, 11) is 1.91. The number of carbonyl (C=O) groups excluding carboxylic acids is 1. The molecule has 2 heterocycles. The Hall–Kier alpha value is -2.61. The second kappa shape index (κ2) is 7.74. The summed E-state index contributed by atoms with van der Waals surface area (Å²) < 4.78 is 1.57. The maximum atomic E-state index is 12.2. The van der Waals surface area contributed by atoms with Gasteiger partial charge in [0.15, 0.2) is 0 Å². The quantitative estimate of drug-likeness (QED) is 0.676. The average molecular weight is 360 g/mol. The van der Waals surface area contributed by atoms with Crippen molar-refractivity contribution in [2.45, 2.75) is 44.3 Å². The highest BCUT2D eigenvalue weighted by Gasteiger charge is 2.31. The van der Waals surface area contributed by atoms with Gasteiger partial charge in [0.05, 0.1) is 17.5 Å². The third-order valence-electron chi connectivity index (χ3n) is 5.17. The van der Waals surface area contributed by atoms with Crippen LogP contribution in [0.5, 0.6) is 0 Å². The van der Waals surface area contributed by atoms with Gasteiger partial charge in [-0.05, 0) is 32.0 Å². The second-order valence-electron chi connectivity index (χ2n) is 6.80. The van der Waals surface area contributed by atoms with Crippen molar-refractivity contribution in [2.75, 3.05) is 13.6 Å². The van der Waals surface area contributed by atoms with Crippen LogP contribution in [0.4, 0.5) is 0 Å². The molecule has 0 spiro atoms. The normalized spacial score (nSPS) is 20.5. The fourth-order valence-corrected chi connectivity index (χ4v) is 3.65. The number of aromatic amines is 1. The van der Waals surface area contributed by atoms with Gasteiger partial charge in [-0.15, -0.1) is 0 Å². The van der Waals surface area contributed by atoms with Crippen molar-refractivity contribution in [1.29, 1.82) is 0 Å². The van der Waals surface area contributed by atoms with Gasteiger partial charge in [-0.2, -0.15) is 0 Å². The van der Waals surface area contributed by atoms with E-state index < -0.39 is 5.97 Å². The lowest BCUT2D eigenvalue weighted by atomic mass is 10.1. The number of hydrogen-bond acceptors (Lipinski definition) is 4. The van der Waals surface area contributed by atoms with E-state index >= 15 is 0 Å². The van der Waals surface area contributed by atoms with Crippen molar-refractivity contribution in [3.63, 3.8) is 0 Å². The number of hydrogen-bond donors (Lipinski definition) is 3. The highest BCUT2D eigenvalue weighted by atomic mass is 16.4. The summed E-state index contributed by atoms with van der Waals surface area (Å²) in [5.74, 6) is -0.909. The number of nitrogens with zero attached hydrogens (tertiary/aromatic N) is 2. The van der Waals surface area contributed by atoms with Gasteiger partial charge in [0.2, 0.25) is 5.91 Å². The number of imidazole rings is 1. The zero-order chi connectivity index (χ0) is 18.7. The number of aromatic nitrogens is 2. The fraction of sp³-hybridized carbons (Fsp3) is 0.500. The fourth-order valence-electron chi connectivity index (χ4n) is 3.65. The van der Waals surface area contributed by atoms with Gasteiger partial charge in [-0.1, -0.05) is 12.1 Å². The summed E-state index contributed by atoms with van der Waals surface area (Å²) in [6, 6.07) is 7.57. The standard InChI is InChI=1S/C18H24N4O4/c1-21-12(10-17(24)25)6-7-13(21)11-19-16(23)8-9-22-15-5-3-2-4-14(15)20-18(22)26/h2-5,12-13H,6-11H2,1H3,(H,19,23)(H,20,26)(H,24,25)/t12-,13+/m1/s1. The van der Waals surface area contributed by atoms with E-state index in [0.717, 1.165) is 23.9 Å². The Labute approximate surface area is 150 Å². The van der Waals surface area contributed by atoms with E-state index in [1.807, 2.05) is 36.2 Å². The molecule has 2 atom stereocenters. The molecule has 1 amide bonds. The molecule has 1 aliphatic heterocycles. The first-order valence-corrected chi connectivity index (χ1v) is 8.83. The largest absolute Gasteiger partial charge is 0.481 e. The number of carbonyl (C=O) groups is 2. The Balaban J connectivity index is 1.50. The highest BCUT2D eigenvalue weighted by molar-refractivity contribution is 5.77. The van der Waals surface area contributed by atoms with Gasteiger partial charge >= 0.3 is 11.7 Å². The average Bonchev–Trinajstić information content (AvgIpc) is 3.10. The van der Waals surface area contributed by atoms with Crippen molar-refractivity contribution in [1.82, 2.24) is 19.8 Å². The van der Waals surface area contributed by atoms with E-state index in [-0.39, 0.29) is 36.5 Å². The molecular formula is C18H24N4O4. The van der Waals surface area contributed by atoms with E-state index in [1.54, 1.807) is 4.57 Å². The van der Waals surface area contributed by atoms with Crippen LogP contribution in [0.25, 0.3) is 11.0 Å². The van der Waals surface area contributed by atoms with Gasteiger partial charge in [0.25, 0.3) is 0 Å². The number of rotatable bonds is 7. The predicted octanol–water partition coefficient (Wildman–Crippen LogP) is 0.773. The first-order chi connectivity index (χ1) is 12.5. The number of carboxylic acids is 1. The molecule has 8 heteroatoms. The number of aliphatic carboxylic acids is 1. The minimum absolute atomic E-state index is 0.0270. The first-order valence-electron chi connectivity index (χ1n) is 8.83. The van der Waals surface area contributed by atoms with Crippen molar-refractivity contribution >= 4 is 22.9 Å². The second-order valence-corrected chi connectivity index (χ2v) is 6.80. The number of likely N-dealkylation sites (N-methyl/N-ethyl adjacent to an activating group) is 1. The van der Waals surface area contributed by atoms with Crippen LogP contribution < -0.4 is 11.0 Å². The molecule has 1 fully saturated rings. The minimum atomic E-state index is -0.796. The Bertz CT molecular complexity index is 856. The molecule has 0 radical (unpaired) electrons. The third-order valence-corrected chi connectivity index (χ3v) is 5.17. The zero-order valence-corrected chi connectivity index (χ0v) is 14.8. The Morgan fingerprint density at radius 3 is 2.77 bits per heavy atom. The molecule has 8 nitrogen and oxygen atoms in total. The molecule has 0 unspecified atom stereocenters. The minimum Gasteiger partial charge on any atom is -0.481 e. The number of H-pyrrole nitrogens is 1. The molecular weight excluding hydrogens is 336 g/mol. The Morgan fingerprint density at radius 2 is 2.00 bits per heavy atom. The van der Waals surface area contributed by atoms with Crippen molar-refractivity contribution in [3.05, 3.63) is 34.7 Å². The molecule has 3 N–H and O–H groups in total. The van der Waals surface area contributed by atoms with Crippen LogP contribution in [0.1, 0.15) is 25.7 Å². The third kappa shape index (κ3) is 3.96. The van der Waals surface area contributed by atoms with Gasteiger partial charge in [-0.3, -0.25) is 19.1 Å². The van der Waals surface area contributed by atoms with Crippen molar-refractivity contribution in [3.8, 4) is 0 Å². The molecule has 140 valence electrons. The molecule has 1 saturated heterocycles. The van der Waals surface area contributed by atoms with Crippen LogP contribution >= 0.6 is 0 Å². The molecule has 26 heavy (non-hydrogen) atoms. The Kier molecular flexibility index (Phi) is 5.41. The van der Waals surface area contributed by atoms with Gasteiger partial charge in [-0.25, -0.2) is 4.79 Å². The lowest BCUT2D eigenvalue weighted by molar-refractivity contribution is -0.138. The number of fused-ring (bicyclic) bond motifs is 1. The maximum absolute atomic E-state index is 12.2. The number of benzene rings is 1. The van der Waals surface area contributed by atoms with E-state index in [1.165, 1.54) is 0 Å². The van der Waals surface area contributed by atoms with E-state index in [9.17, 15) is 14.4 Å². The smallest absolute Gasteiger partial charge is 0.326 e. The number of para-hydroxylation sites is 2. The lowest BCUT2D eigenvalue weighted by Crippen LogP contribution is -2.41. The lowest BCUT2D eigenvalue weighted by Gasteiger charge is -2.25. The van der Waals surface area contributed by atoms with E-state index in [2.05, 4.69) is 10.3 Å². The van der Waals surface area contributed by atoms with Crippen LogP contribution in [0.3, 0.4) is 0 Å². The summed E-state index contributed by atoms with van der Waals surface area (Å²) in [5, 5.41) is 11.8. The molecule has 0 aliphatic carbocycles. The highest BCUT2D eigenvalue weighted by Crippen LogP contribution is 2.24.